The van der Waals surface area contributed by atoms with E-state index in [0.29, 0.717) is 24.8 Å². The number of methoxy groups -OCH3 is 1. The number of carbonyl (C=O) groups is 4. The van der Waals surface area contributed by atoms with Crippen LogP contribution in [0.15, 0.2) is 23.8 Å². The van der Waals surface area contributed by atoms with E-state index in [1.807, 2.05) is 0 Å². The first kappa shape index (κ1) is 27.4. The molecule has 0 aromatic rings. The van der Waals surface area contributed by atoms with Gasteiger partial charge >= 0.3 is 12.1 Å². The fraction of sp³-hybridized carbons (Fsp3) is 0.704. The summed E-state index contributed by atoms with van der Waals surface area (Å²) in [6.45, 7) is 5.61. The van der Waals surface area contributed by atoms with E-state index in [4.69, 9.17) is 4.74 Å². The van der Waals surface area contributed by atoms with Crippen LogP contribution in [0.5, 0.6) is 0 Å². The zero-order chi connectivity index (χ0) is 27.6. The molecule has 9 nitrogen and oxygen atoms in total. The standard InChI is InChI=1S/C27H36FNO8/c1-14-10-19-18-7-6-16-11-17(31)8-9-24(16,3)26(18,28)20(32)12-25(19,4)27(14,21(33)13-30)37-23(35)29-15(2)22(34)36-5/h8-9,11,14-15,18-20,30,32H,6-7,10,12-13H2,1-5H3,(H,29,35)/t14-,15-,18-,19-,20-,24-,25-,26-,27-/m0/s1. The van der Waals surface area contributed by atoms with Gasteiger partial charge in [-0.25, -0.2) is 14.0 Å². The second kappa shape index (κ2) is 9.01. The number of esters is 1. The van der Waals surface area contributed by atoms with Gasteiger partial charge in [-0.15, -0.1) is 0 Å². The molecule has 0 radical (unpaired) electrons. The molecule has 37 heavy (non-hydrogen) atoms. The number of aliphatic hydroxyl groups excluding tert-OH is 2. The van der Waals surface area contributed by atoms with Crippen LogP contribution >= 0.6 is 0 Å². The van der Waals surface area contributed by atoms with Crippen LogP contribution in [0.2, 0.25) is 0 Å². The van der Waals surface area contributed by atoms with Crippen molar-refractivity contribution in [2.45, 2.75) is 76.8 Å². The average molecular weight is 522 g/mol. The molecule has 0 aliphatic heterocycles. The first-order chi connectivity index (χ1) is 17.2. The lowest BCUT2D eigenvalue weighted by atomic mass is 9.44. The minimum absolute atomic E-state index is 0.203. The van der Waals surface area contributed by atoms with Crippen molar-refractivity contribution >= 4 is 23.6 Å². The Morgan fingerprint density at radius 3 is 2.57 bits per heavy atom. The maximum atomic E-state index is 17.3. The quantitative estimate of drug-likeness (QED) is 0.468. The molecule has 4 aliphatic carbocycles. The molecular formula is C27H36FNO8. The summed E-state index contributed by atoms with van der Waals surface area (Å²) in [5.41, 5.74) is -5.74. The second-order valence-electron chi connectivity index (χ2n) is 11.5. The van der Waals surface area contributed by atoms with Gasteiger partial charge in [0.05, 0.1) is 13.2 Å². The third kappa shape index (κ3) is 3.55. The molecule has 4 aliphatic rings. The Morgan fingerprint density at radius 2 is 1.95 bits per heavy atom. The molecule has 204 valence electrons. The highest BCUT2D eigenvalue weighted by Crippen LogP contribution is 2.71. The first-order valence-corrected chi connectivity index (χ1v) is 12.8. The number of halogens is 1. The zero-order valence-corrected chi connectivity index (χ0v) is 21.9. The van der Waals surface area contributed by atoms with Crippen molar-refractivity contribution in [3.8, 4) is 0 Å². The van der Waals surface area contributed by atoms with Crippen molar-refractivity contribution < 1.29 is 43.3 Å². The first-order valence-electron chi connectivity index (χ1n) is 12.8. The summed E-state index contributed by atoms with van der Waals surface area (Å²) in [4.78, 5) is 50.2. The summed E-state index contributed by atoms with van der Waals surface area (Å²) >= 11 is 0. The van der Waals surface area contributed by atoms with Gasteiger partial charge in [-0.1, -0.05) is 25.5 Å². The fourth-order valence-electron chi connectivity index (χ4n) is 8.10. The number of carbonyl (C=O) groups excluding carboxylic acids is 4. The van der Waals surface area contributed by atoms with Gasteiger partial charge in [0, 0.05) is 22.7 Å². The lowest BCUT2D eigenvalue weighted by molar-refractivity contribution is -0.219. The Hall–Kier alpha value is -2.59. The number of Topliss-reactive ketones (excluding diaryl/α,β-unsaturated/α-hetero) is 1. The van der Waals surface area contributed by atoms with Gasteiger partial charge in [0.15, 0.2) is 17.1 Å². The lowest BCUT2D eigenvalue weighted by Gasteiger charge is -2.62. The maximum absolute atomic E-state index is 17.3. The van der Waals surface area contributed by atoms with Crippen LogP contribution in [0.3, 0.4) is 0 Å². The van der Waals surface area contributed by atoms with E-state index in [2.05, 4.69) is 10.1 Å². The van der Waals surface area contributed by atoms with Crippen molar-refractivity contribution in [1.29, 1.82) is 0 Å². The molecule has 0 heterocycles. The predicted octanol–water partition coefficient (Wildman–Crippen LogP) is 2.19. The van der Waals surface area contributed by atoms with Crippen molar-refractivity contribution in [3.05, 3.63) is 23.8 Å². The average Bonchev–Trinajstić information content (AvgIpc) is 3.06. The van der Waals surface area contributed by atoms with E-state index in [-0.39, 0.29) is 12.2 Å². The monoisotopic (exact) mass is 521 g/mol. The molecule has 3 saturated carbocycles. The summed E-state index contributed by atoms with van der Waals surface area (Å²) < 4.78 is 27.8. The molecule has 0 aromatic carbocycles. The van der Waals surface area contributed by atoms with Crippen LogP contribution in [-0.4, -0.2) is 71.0 Å². The van der Waals surface area contributed by atoms with Crippen LogP contribution < -0.4 is 5.32 Å². The third-order valence-corrected chi connectivity index (χ3v) is 9.88. The molecular weight excluding hydrogens is 485 g/mol. The molecule has 0 spiro atoms. The van der Waals surface area contributed by atoms with Crippen LogP contribution in [0.25, 0.3) is 0 Å². The Labute approximate surface area is 215 Å². The number of rotatable bonds is 5. The molecule has 0 unspecified atom stereocenters. The van der Waals surface area contributed by atoms with Gasteiger partial charge in [0.25, 0.3) is 0 Å². The number of alkyl carbamates (subject to hydrolysis) is 1. The van der Waals surface area contributed by atoms with Gasteiger partial charge in [0.2, 0.25) is 5.78 Å². The zero-order valence-electron chi connectivity index (χ0n) is 21.9. The Morgan fingerprint density at radius 1 is 1.27 bits per heavy atom. The third-order valence-electron chi connectivity index (χ3n) is 9.88. The van der Waals surface area contributed by atoms with E-state index in [1.165, 1.54) is 26.2 Å². The van der Waals surface area contributed by atoms with Crippen LogP contribution in [0.1, 0.15) is 53.4 Å². The van der Waals surface area contributed by atoms with Gasteiger partial charge in [0.1, 0.15) is 12.6 Å². The van der Waals surface area contributed by atoms with Gasteiger partial charge in [-0.2, -0.15) is 0 Å². The number of alkyl halides is 1. The molecule has 3 fully saturated rings. The van der Waals surface area contributed by atoms with Gasteiger partial charge in [-0.05, 0) is 57.6 Å². The van der Waals surface area contributed by atoms with Crippen LogP contribution in [0.4, 0.5) is 9.18 Å². The highest BCUT2D eigenvalue weighted by atomic mass is 19.1. The number of hydrogen-bond acceptors (Lipinski definition) is 8. The molecule has 0 bridgehead atoms. The molecule has 0 saturated heterocycles. The van der Waals surface area contributed by atoms with Crippen molar-refractivity contribution in [2.24, 2.45) is 28.6 Å². The molecule has 10 heteroatoms. The normalized spacial score (nSPS) is 43.0. The summed E-state index contributed by atoms with van der Waals surface area (Å²) in [7, 11) is 1.17. The number of ketones is 2. The summed E-state index contributed by atoms with van der Waals surface area (Å²) in [5, 5.41) is 23.8. The molecule has 4 rings (SSSR count). The highest BCUT2D eigenvalue weighted by molar-refractivity contribution is 6.01. The summed E-state index contributed by atoms with van der Waals surface area (Å²) in [6.07, 6.45) is 2.66. The van der Waals surface area contributed by atoms with E-state index in [9.17, 15) is 29.4 Å². The van der Waals surface area contributed by atoms with E-state index >= 15 is 4.39 Å². The molecule has 9 atom stereocenters. The fourth-order valence-corrected chi connectivity index (χ4v) is 8.10. The number of fused-ring (bicyclic) bond motifs is 5. The smallest absolute Gasteiger partial charge is 0.408 e. The van der Waals surface area contributed by atoms with Crippen LogP contribution in [0, 0.1) is 28.6 Å². The number of amides is 1. The number of nitrogens with one attached hydrogen (secondary N) is 1. The SMILES string of the molecule is COC(=O)[C@H](C)NC(=O)O[C@]1(C(=O)CO)[C@@H](C)C[C@H]2[C@@H]3CCC4=CC(=O)C=C[C@]4(C)[C@@]3(F)[C@@H](O)C[C@@]21C. The molecule has 3 N–H and O–H groups in total. The minimum Gasteiger partial charge on any atom is -0.467 e. The van der Waals surface area contributed by atoms with Crippen molar-refractivity contribution in [3.63, 3.8) is 0 Å². The number of aliphatic hydroxyl groups is 2. The van der Waals surface area contributed by atoms with Crippen molar-refractivity contribution in [2.75, 3.05) is 13.7 Å². The summed E-state index contributed by atoms with van der Waals surface area (Å²) in [6, 6.07) is -1.06. The minimum atomic E-state index is -2.11. The van der Waals surface area contributed by atoms with Gasteiger partial charge < -0.3 is 25.0 Å². The Bertz CT molecular complexity index is 1090. The highest BCUT2D eigenvalue weighted by Gasteiger charge is 2.77. The van der Waals surface area contributed by atoms with E-state index in [0.717, 1.165) is 0 Å². The Kier molecular flexibility index (Phi) is 6.68. The van der Waals surface area contributed by atoms with Gasteiger partial charge in [-0.3, -0.25) is 9.59 Å². The molecule has 0 aromatic heterocycles. The lowest BCUT2D eigenvalue weighted by Crippen LogP contribution is -2.70. The second-order valence-corrected chi connectivity index (χ2v) is 11.5. The number of allylic oxidation sites excluding steroid dienone is 4. The topological polar surface area (TPSA) is 139 Å². The van der Waals surface area contributed by atoms with Crippen molar-refractivity contribution in [1.82, 2.24) is 5.32 Å². The summed E-state index contributed by atoms with van der Waals surface area (Å²) in [5.74, 6) is -3.44. The number of hydrogen-bond donors (Lipinski definition) is 3. The number of ether oxygens (including phenoxy) is 2. The Balaban J connectivity index is 1.76. The van der Waals surface area contributed by atoms with E-state index in [1.54, 1.807) is 26.8 Å². The van der Waals surface area contributed by atoms with E-state index < -0.39 is 76.5 Å². The predicted molar refractivity (Wildman–Crippen MR) is 129 cm³/mol. The van der Waals surface area contributed by atoms with Crippen LogP contribution in [-0.2, 0) is 23.9 Å². The largest absolute Gasteiger partial charge is 0.467 e. The molecule has 1 amide bonds. The maximum Gasteiger partial charge on any atom is 0.408 e.